The molecule has 82 valence electrons. The first kappa shape index (κ1) is 10.7. The van der Waals surface area contributed by atoms with Gasteiger partial charge in [-0.25, -0.2) is 0 Å². The van der Waals surface area contributed by atoms with E-state index >= 15 is 0 Å². The summed E-state index contributed by atoms with van der Waals surface area (Å²) in [6.07, 6.45) is 0.917. The molecule has 0 spiro atoms. The molecule has 0 unspecified atom stereocenters. The molecule has 0 heterocycles. The molecular formula is C15H17N. The Kier molecular flexibility index (Phi) is 2.95. The van der Waals surface area contributed by atoms with Gasteiger partial charge in [0.15, 0.2) is 0 Å². The Morgan fingerprint density at radius 2 is 1.44 bits per heavy atom. The van der Waals surface area contributed by atoms with Crippen LogP contribution in [-0.2, 0) is 6.42 Å². The molecule has 0 saturated heterocycles. The molecule has 0 aliphatic heterocycles. The average Bonchev–Trinajstić information content (AvgIpc) is 2.28. The molecule has 0 saturated carbocycles. The summed E-state index contributed by atoms with van der Waals surface area (Å²) in [7, 11) is 0. The van der Waals surface area contributed by atoms with Crippen LogP contribution in [0.4, 0.5) is 5.69 Å². The van der Waals surface area contributed by atoms with E-state index in [9.17, 15) is 0 Å². The van der Waals surface area contributed by atoms with Crippen molar-refractivity contribution in [3.05, 3.63) is 64.7 Å². The van der Waals surface area contributed by atoms with Gasteiger partial charge in [-0.2, -0.15) is 0 Å². The van der Waals surface area contributed by atoms with Crippen molar-refractivity contribution >= 4 is 5.69 Å². The largest absolute Gasteiger partial charge is 0.398 e. The molecule has 0 radical (unpaired) electrons. The van der Waals surface area contributed by atoms with E-state index in [1.54, 1.807) is 0 Å². The lowest BCUT2D eigenvalue weighted by Crippen LogP contribution is -1.99. The quantitative estimate of drug-likeness (QED) is 0.756. The number of hydrogen-bond acceptors (Lipinski definition) is 1. The maximum Gasteiger partial charge on any atom is 0.0379 e. The molecule has 2 aromatic carbocycles. The molecular weight excluding hydrogens is 194 g/mol. The van der Waals surface area contributed by atoms with Gasteiger partial charge in [-0.3, -0.25) is 0 Å². The van der Waals surface area contributed by atoms with Crippen molar-refractivity contribution in [2.45, 2.75) is 20.3 Å². The molecule has 2 aromatic rings. The minimum atomic E-state index is 0.917. The van der Waals surface area contributed by atoms with E-state index in [1.165, 1.54) is 16.7 Å². The fraction of sp³-hybridized carbons (Fsp3) is 0.200. The van der Waals surface area contributed by atoms with Crippen LogP contribution in [0.2, 0.25) is 0 Å². The van der Waals surface area contributed by atoms with Crippen LogP contribution in [0.15, 0.2) is 42.5 Å². The smallest absolute Gasteiger partial charge is 0.0379 e. The van der Waals surface area contributed by atoms with Crippen LogP contribution < -0.4 is 5.73 Å². The van der Waals surface area contributed by atoms with Gasteiger partial charge < -0.3 is 5.73 Å². The number of benzene rings is 2. The first-order chi connectivity index (χ1) is 7.68. The summed E-state index contributed by atoms with van der Waals surface area (Å²) in [6.45, 7) is 4.19. The van der Waals surface area contributed by atoms with Gasteiger partial charge in [-0.15, -0.1) is 0 Å². The number of rotatable bonds is 2. The van der Waals surface area contributed by atoms with Crippen molar-refractivity contribution in [2.75, 3.05) is 5.73 Å². The second kappa shape index (κ2) is 4.40. The van der Waals surface area contributed by atoms with Crippen LogP contribution in [0.5, 0.6) is 0 Å². The fourth-order valence-electron chi connectivity index (χ4n) is 1.91. The first-order valence-corrected chi connectivity index (χ1v) is 5.57. The van der Waals surface area contributed by atoms with Crippen molar-refractivity contribution in [1.29, 1.82) is 0 Å². The number of anilines is 1. The van der Waals surface area contributed by atoms with Gasteiger partial charge in [-0.1, -0.05) is 42.5 Å². The number of hydrogen-bond donors (Lipinski definition) is 1. The highest BCUT2D eigenvalue weighted by atomic mass is 14.6. The zero-order chi connectivity index (χ0) is 11.5. The third kappa shape index (κ3) is 2.08. The maximum absolute atomic E-state index is 6.08. The monoisotopic (exact) mass is 211 g/mol. The van der Waals surface area contributed by atoms with Gasteiger partial charge in [0.1, 0.15) is 0 Å². The molecule has 1 nitrogen and oxygen atoms in total. The summed E-state index contributed by atoms with van der Waals surface area (Å²) in [4.78, 5) is 0. The summed E-state index contributed by atoms with van der Waals surface area (Å²) in [6, 6.07) is 14.7. The normalized spacial score (nSPS) is 10.4. The molecule has 0 bridgehead atoms. The van der Waals surface area contributed by atoms with Crippen molar-refractivity contribution in [1.82, 2.24) is 0 Å². The van der Waals surface area contributed by atoms with Gasteiger partial charge in [0.25, 0.3) is 0 Å². The number of nitrogens with two attached hydrogens (primary N) is 1. The first-order valence-electron chi connectivity index (χ1n) is 5.57. The Morgan fingerprint density at radius 1 is 0.812 bits per heavy atom. The number of aryl methyl sites for hydroxylation is 2. The van der Waals surface area contributed by atoms with E-state index in [-0.39, 0.29) is 0 Å². The summed E-state index contributed by atoms with van der Waals surface area (Å²) >= 11 is 0. The van der Waals surface area contributed by atoms with E-state index in [2.05, 4.69) is 56.3 Å². The molecule has 0 fully saturated rings. The third-order valence-electron chi connectivity index (χ3n) is 3.06. The van der Waals surface area contributed by atoms with E-state index in [4.69, 9.17) is 5.73 Å². The highest BCUT2D eigenvalue weighted by molar-refractivity contribution is 5.54. The van der Waals surface area contributed by atoms with Gasteiger partial charge in [0.2, 0.25) is 0 Å². The third-order valence-corrected chi connectivity index (χ3v) is 3.06. The molecule has 2 rings (SSSR count). The van der Waals surface area contributed by atoms with E-state index in [0.717, 1.165) is 17.7 Å². The SMILES string of the molecule is Cc1ccccc1Cc1cccc(C)c1N. The van der Waals surface area contributed by atoms with Gasteiger partial charge in [0.05, 0.1) is 0 Å². The molecule has 0 aliphatic rings. The average molecular weight is 211 g/mol. The predicted octanol–water partition coefficient (Wildman–Crippen LogP) is 3.48. The molecule has 0 amide bonds. The highest BCUT2D eigenvalue weighted by Gasteiger charge is 2.04. The Hall–Kier alpha value is -1.76. The number of para-hydroxylation sites is 1. The van der Waals surface area contributed by atoms with Crippen LogP contribution in [0.1, 0.15) is 22.3 Å². The molecule has 1 heteroatoms. The lowest BCUT2D eigenvalue weighted by molar-refractivity contribution is 1.15. The molecule has 0 atom stereocenters. The van der Waals surface area contributed by atoms with E-state index in [1.807, 2.05) is 0 Å². The van der Waals surface area contributed by atoms with Crippen LogP contribution in [0.3, 0.4) is 0 Å². The van der Waals surface area contributed by atoms with Crippen LogP contribution >= 0.6 is 0 Å². The van der Waals surface area contributed by atoms with Crippen molar-refractivity contribution in [3.63, 3.8) is 0 Å². The Labute approximate surface area is 96.9 Å². The molecule has 0 aliphatic carbocycles. The number of nitrogen functional groups attached to an aromatic ring is 1. The van der Waals surface area contributed by atoms with E-state index in [0.29, 0.717) is 0 Å². The summed E-state index contributed by atoms with van der Waals surface area (Å²) in [5.74, 6) is 0. The topological polar surface area (TPSA) is 26.0 Å². The Bertz CT molecular complexity index is 501. The minimum Gasteiger partial charge on any atom is -0.398 e. The lowest BCUT2D eigenvalue weighted by Gasteiger charge is -2.10. The maximum atomic E-state index is 6.08. The van der Waals surface area contributed by atoms with Gasteiger partial charge in [-0.05, 0) is 42.5 Å². The lowest BCUT2D eigenvalue weighted by atomic mass is 9.98. The van der Waals surface area contributed by atoms with Crippen molar-refractivity contribution in [2.24, 2.45) is 0 Å². The zero-order valence-electron chi connectivity index (χ0n) is 9.83. The second-order valence-electron chi connectivity index (χ2n) is 4.25. The van der Waals surface area contributed by atoms with Crippen molar-refractivity contribution < 1.29 is 0 Å². The van der Waals surface area contributed by atoms with Crippen LogP contribution in [0, 0.1) is 13.8 Å². The Balaban J connectivity index is 2.35. The Morgan fingerprint density at radius 3 is 2.19 bits per heavy atom. The standard InChI is InChI=1S/C15H17N/c1-11-6-3-4-8-13(11)10-14-9-5-7-12(2)15(14)16/h3-9H,10,16H2,1-2H3. The molecule has 0 aromatic heterocycles. The summed E-state index contributed by atoms with van der Waals surface area (Å²) in [5, 5.41) is 0. The predicted molar refractivity (Wildman–Crippen MR) is 69.6 cm³/mol. The van der Waals surface area contributed by atoms with Crippen molar-refractivity contribution in [3.8, 4) is 0 Å². The highest BCUT2D eigenvalue weighted by Crippen LogP contribution is 2.21. The van der Waals surface area contributed by atoms with Gasteiger partial charge >= 0.3 is 0 Å². The minimum absolute atomic E-state index is 0.917. The zero-order valence-corrected chi connectivity index (χ0v) is 9.83. The van der Waals surface area contributed by atoms with Crippen LogP contribution in [-0.4, -0.2) is 0 Å². The molecule has 2 N–H and O–H groups in total. The molecule has 16 heavy (non-hydrogen) atoms. The summed E-state index contributed by atoms with van der Waals surface area (Å²) in [5.41, 5.74) is 12.0. The van der Waals surface area contributed by atoms with Gasteiger partial charge in [0, 0.05) is 5.69 Å². The second-order valence-corrected chi connectivity index (χ2v) is 4.25. The van der Waals surface area contributed by atoms with Crippen LogP contribution in [0.25, 0.3) is 0 Å². The summed E-state index contributed by atoms with van der Waals surface area (Å²) < 4.78 is 0. The fourth-order valence-corrected chi connectivity index (χ4v) is 1.91. The van der Waals surface area contributed by atoms with E-state index < -0.39 is 0 Å².